The van der Waals surface area contributed by atoms with Crippen LogP contribution in [0.1, 0.15) is 35.9 Å². The van der Waals surface area contributed by atoms with E-state index in [0.717, 1.165) is 17.7 Å². The summed E-state index contributed by atoms with van der Waals surface area (Å²) in [6.45, 7) is 2.84. The average Bonchev–Trinajstić information content (AvgIpc) is 2.93. The van der Waals surface area contributed by atoms with Gasteiger partial charge in [0.1, 0.15) is 5.75 Å². The van der Waals surface area contributed by atoms with Crippen LogP contribution in [0, 0.1) is 0 Å². The lowest BCUT2D eigenvalue weighted by molar-refractivity contribution is 0.246. The highest BCUT2D eigenvalue weighted by atomic mass is 35.5. The van der Waals surface area contributed by atoms with Crippen LogP contribution in [0.4, 0.5) is 0 Å². The molecule has 1 aliphatic rings. The maximum atomic E-state index is 6.21. The summed E-state index contributed by atoms with van der Waals surface area (Å²) in [5.41, 5.74) is 1.05. The van der Waals surface area contributed by atoms with Crippen LogP contribution >= 0.6 is 34.5 Å². The van der Waals surface area contributed by atoms with E-state index in [9.17, 15) is 0 Å². The monoisotopic (exact) mass is 327 g/mol. The zero-order valence-corrected chi connectivity index (χ0v) is 13.4. The Morgan fingerprint density at radius 1 is 1.40 bits per heavy atom. The standard InChI is InChI=1S/C15H15Cl2NOS/c1-9(14-3-2-6-20-14)18-13-4-5-19-15-11(13)7-10(16)8-12(15)17/h2-3,6-9,13,18H,4-5H2,1H3/t9-,13?/m0/s1. The summed E-state index contributed by atoms with van der Waals surface area (Å²) in [4.78, 5) is 1.33. The van der Waals surface area contributed by atoms with Crippen molar-refractivity contribution in [2.24, 2.45) is 0 Å². The quantitative estimate of drug-likeness (QED) is 0.833. The van der Waals surface area contributed by atoms with Crippen molar-refractivity contribution in [2.75, 3.05) is 6.61 Å². The van der Waals surface area contributed by atoms with E-state index in [1.165, 1.54) is 4.88 Å². The van der Waals surface area contributed by atoms with Crippen molar-refractivity contribution >= 4 is 34.5 Å². The molecule has 0 amide bonds. The van der Waals surface area contributed by atoms with Gasteiger partial charge in [0, 0.05) is 34.0 Å². The number of ether oxygens (including phenoxy) is 1. The first-order chi connectivity index (χ1) is 9.65. The molecule has 1 unspecified atom stereocenters. The van der Waals surface area contributed by atoms with Crippen molar-refractivity contribution < 1.29 is 4.74 Å². The minimum absolute atomic E-state index is 0.215. The van der Waals surface area contributed by atoms with Gasteiger partial charge in [0.25, 0.3) is 0 Å². The fourth-order valence-electron chi connectivity index (χ4n) is 2.52. The first-order valence-corrected chi connectivity index (χ1v) is 8.20. The van der Waals surface area contributed by atoms with Crippen molar-refractivity contribution in [3.05, 3.63) is 50.1 Å². The van der Waals surface area contributed by atoms with Gasteiger partial charge in [-0.15, -0.1) is 11.3 Å². The number of hydrogen-bond donors (Lipinski definition) is 1. The molecule has 0 fully saturated rings. The predicted octanol–water partition coefficient (Wildman–Crippen LogP) is 5.23. The van der Waals surface area contributed by atoms with Crippen LogP contribution in [0.15, 0.2) is 29.6 Å². The highest BCUT2D eigenvalue weighted by Gasteiger charge is 2.25. The summed E-state index contributed by atoms with van der Waals surface area (Å²) in [5.74, 6) is 0.762. The van der Waals surface area contributed by atoms with Gasteiger partial charge in [-0.25, -0.2) is 0 Å². The molecule has 0 spiro atoms. The van der Waals surface area contributed by atoms with Crippen molar-refractivity contribution in [1.29, 1.82) is 0 Å². The molecule has 0 radical (unpaired) electrons. The largest absolute Gasteiger partial charge is 0.492 e. The van der Waals surface area contributed by atoms with Crippen molar-refractivity contribution in [1.82, 2.24) is 5.32 Å². The van der Waals surface area contributed by atoms with Gasteiger partial charge in [-0.3, -0.25) is 0 Å². The van der Waals surface area contributed by atoms with Crippen molar-refractivity contribution in [2.45, 2.75) is 25.4 Å². The van der Waals surface area contributed by atoms with E-state index in [4.69, 9.17) is 27.9 Å². The van der Waals surface area contributed by atoms with E-state index in [1.807, 2.05) is 6.07 Å². The maximum absolute atomic E-state index is 6.21. The van der Waals surface area contributed by atoms with Gasteiger partial charge in [-0.2, -0.15) is 0 Å². The Morgan fingerprint density at radius 2 is 2.25 bits per heavy atom. The summed E-state index contributed by atoms with van der Waals surface area (Å²) in [5, 5.41) is 6.98. The minimum Gasteiger partial charge on any atom is -0.492 e. The van der Waals surface area contributed by atoms with Crippen LogP contribution in [0.2, 0.25) is 10.0 Å². The first-order valence-electron chi connectivity index (χ1n) is 6.56. The molecule has 0 saturated heterocycles. The Morgan fingerprint density at radius 3 is 3.00 bits per heavy atom. The number of nitrogens with one attached hydrogen (secondary N) is 1. The number of halogens is 2. The van der Waals surface area contributed by atoms with Gasteiger partial charge in [0.05, 0.1) is 11.6 Å². The molecule has 5 heteroatoms. The Balaban J connectivity index is 1.86. The summed E-state index contributed by atoms with van der Waals surface area (Å²) >= 11 is 14.1. The molecule has 1 aromatic carbocycles. The van der Waals surface area contributed by atoms with E-state index < -0.39 is 0 Å². The number of fused-ring (bicyclic) bond motifs is 1. The minimum atomic E-state index is 0.215. The van der Waals surface area contributed by atoms with E-state index >= 15 is 0 Å². The molecular formula is C15H15Cl2NOS. The van der Waals surface area contributed by atoms with Crippen LogP contribution < -0.4 is 10.1 Å². The first kappa shape index (κ1) is 14.2. The van der Waals surface area contributed by atoms with Gasteiger partial charge < -0.3 is 10.1 Å². The fraction of sp³-hybridized carbons (Fsp3) is 0.333. The molecule has 2 atom stereocenters. The van der Waals surface area contributed by atoms with Gasteiger partial charge in [-0.1, -0.05) is 29.3 Å². The van der Waals surface area contributed by atoms with E-state index in [1.54, 1.807) is 17.4 Å². The number of benzene rings is 1. The molecule has 0 bridgehead atoms. The van der Waals surface area contributed by atoms with Crippen LogP contribution in [0.5, 0.6) is 5.75 Å². The highest BCUT2D eigenvalue weighted by Crippen LogP contribution is 2.40. The molecular weight excluding hydrogens is 313 g/mol. The number of hydrogen-bond acceptors (Lipinski definition) is 3. The second-order valence-corrected chi connectivity index (χ2v) is 6.72. The summed E-state index contributed by atoms with van der Waals surface area (Å²) in [6, 6.07) is 8.40. The molecule has 0 aliphatic carbocycles. The predicted molar refractivity (Wildman–Crippen MR) is 85.2 cm³/mol. The van der Waals surface area contributed by atoms with E-state index in [2.05, 4.69) is 29.8 Å². The Kier molecular flexibility index (Phi) is 4.22. The maximum Gasteiger partial charge on any atom is 0.142 e. The van der Waals surface area contributed by atoms with Crippen LogP contribution in [-0.2, 0) is 0 Å². The van der Waals surface area contributed by atoms with Gasteiger partial charge >= 0.3 is 0 Å². The molecule has 20 heavy (non-hydrogen) atoms. The molecule has 2 aromatic rings. The normalized spacial score (nSPS) is 19.2. The topological polar surface area (TPSA) is 21.3 Å². The third kappa shape index (κ3) is 2.82. The van der Waals surface area contributed by atoms with Crippen molar-refractivity contribution in [3.8, 4) is 5.75 Å². The SMILES string of the molecule is C[C@H](NC1CCOc2c(Cl)cc(Cl)cc21)c1cccs1. The lowest BCUT2D eigenvalue weighted by Gasteiger charge is -2.30. The third-order valence-electron chi connectivity index (χ3n) is 3.49. The molecule has 1 aromatic heterocycles. The van der Waals surface area contributed by atoms with Crippen molar-refractivity contribution in [3.63, 3.8) is 0 Å². The molecule has 0 saturated carbocycles. The molecule has 3 rings (SSSR count). The van der Waals surface area contributed by atoms with E-state index in [0.29, 0.717) is 22.7 Å². The van der Waals surface area contributed by atoms with E-state index in [-0.39, 0.29) is 6.04 Å². The molecule has 106 valence electrons. The number of thiophene rings is 1. The van der Waals surface area contributed by atoms with Crippen LogP contribution in [-0.4, -0.2) is 6.61 Å². The van der Waals surface area contributed by atoms with Gasteiger partial charge in [0.15, 0.2) is 0 Å². The molecule has 1 aliphatic heterocycles. The summed E-state index contributed by atoms with van der Waals surface area (Å²) in [7, 11) is 0. The zero-order valence-electron chi connectivity index (χ0n) is 11.0. The summed E-state index contributed by atoms with van der Waals surface area (Å²) in [6.07, 6.45) is 0.916. The second kappa shape index (κ2) is 5.94. The highest BCUT2D eigenvalue weighted by molar-refractivity contribution is 7.10. The van der Waals surface area contributed by atoms with Gasteiger partial charge in [-0.05, 0) is 30.5 Å². The average molecular weight is 328 g/mol. The second-order valence-electron chi connectivity index (χ2n) is 4.90. The molecule has 2 heterocycles. The Hall–Kier alpha value is -0.740. The summed E-state index contributed by atoms with van der Waals surface area (Å²) < 4.78 is 5.68. The van der Waals surface area contributed by atoms with Gasteiger partial charge in [0.2, 0.25) is 0 Å². The molecule has 1 N–H and O–H groups in total. The van der Waals surface area contributed by atoms with Crippen LogP contribution in [0.3, 0.4) is 0 Å². The lowest BCUT2D eigenvalue weighted by atomic mass is 9.99. The zero-order chi connectivity index (χ0) is 14.1. The van der Waals surface area contributed by atoms with Crippen LogP contribution in [0.25, 0.3) is 0 Å². The smallest absolute Gasteiger partial charge is 0.142 e. The Labute approximate surface area is 132 Å². The fourth-order valence-corrected chi connectivity index (χ4v) is 3.83. The lowest BCUT2D eigenvalue weighted by Crippen LogP contribution is -2.29. The number of rotatable bonds is 3. The third-order valence-corrected chi connectivity index (χ3v) is 5.04. The molecule has 2 nitrogen and oxygen atoms in total. The Bertz CT molecular complexity index is 600.